The molecule has 3 heterocycles. The van der Waals surface area contributed by atoms with Gasteiger partial charge in [-0.15, -0.1) is 0 Å². The zero-order valence-electron chi connectivity index (χ0n) is 15.9. The van der Waals surface area contributed by atoms with Crippen molar-refractivity contribution in [2.45, 2.75) is 25.7 Å². The van der Waals surface area contributed by atoms with Crippen LogP contribution in [-0.2, 0) is 5.92 Å². The third-order valence-electron chi connectivity index (χ3n) is 5.19. The molecule has 1 aliphatic rings. The first kappa shape index (κ1) is 19.2. The Morgan fingerprint density at radius 2 is 2.03 bits per heavy atom. The van der Waals surface area contributed by atoms with Crippen LogP contribution < -0.4 is 0 Å². The molecule has 3 aromatic rings. The Morgan fingerprint density at radius 1 is 1.21 bits per heavy atom. The number of nitrogens with zero attached hydrogens (tertiary/aromatic N) is 4. The quantitative estimate of drug-likeness (QED) is 0.630. The molecule has 0 unspecified atom stereocenters. The second kappa shape index (κ2) is 7.35. The summed E-state index contributed by atoms with van der Waals surface area (Å²) in [6.07, 6.45) is 4.60. The molecule has 8 heteroatoms. The SMILES string of the molecule is CC(F)(F)c1cccc(C(=O)[C@H]2CCCN(C(=O)c3cc4ncccn4n3)C2)c1. The van der Waals surface area contributed by atoms with Gasteiger partial charge in [0.25, 0.3) is 11.8 Å². The van der Waals surface area contributed by atoms with Gasteiger partial charge in [-0.1, -0.05) is 18.2 Å². The number of fused-ring (bicyclic) bond motifs is 1. The van der Waals surface area contributed by atoms with Gasteiger partial charge in [0, 0.05) is 55.5 Å². The van der Waals surface area contributed by atoms with Crippen LogP contribution in [0, 0.1) is 5.92 Å². The average molecular weight is 398 g/mol. The lowest BCUT2D eigenvalue weighted by atomic mass is 9.89. The van der Waals surface area contributed by atoms with E-state index in [2.05, 4.69) is 10.1 Å². The lowest BCUT2D eigenvalue weighted by Crippen LogP contribution is -2.42. The molecule has 0 N–H and O–H groups in total. The lowest BCUT2D eigenvalue weighted by Gasteiger charge is -2.31. The third-order valence-corrected chi connectivity index (χ3v) is 5.19. The number of likely N-dealkylation sites (tertiary alicyclic amines) is 1. The highest BCUT2D eigenvalue weighted by atomic mass is 19.3. The van der Waals surface area contributed by atoms with Crippen molar-refractivity contribution in [1.29, 1.82) is 0 Å². The molecule has 0 saturated carbocycles. The van der Waals surface area contributed by atoms with E-state index in [1.54, 1.807) is 35.5 Å². The fourth-order valence-corrected chi connectivity index (χ4v) is 3.65. The zero-order chi connectivity index (χ0) is 20.6. The van der Waals surface area contributed by atoms with E-state index in [4.69, 9.17) is 0 Å². The van der Waals surface area contributed by atoms with Gasteiger partial charge in [0.15, 0.2) is 17.1 Å². The van der Waals surface area contributed by atoms with Crippen LogP contribution in [0.2, 0.25) is 0 Å². The second-order valence-corrected chi connectivity index (χ2v) is 7.38. The van der Waals surface area contributed by atoms with E-state index in [1.165, 1.54) is 22.7 Å². The number of aromatic nitrogens is 3. The zero-order valence-corrected chi connectivity index (χ0v) is 15.9. The van der Waals surface area contributed by atoms with Crippen LogP contribution in [0.1, 0.15) is 46.2 Å². The van der Waals surface area contributed by atoms with E-state index in [9.17, 15) is 18.4 Å². The summed E-state index contributed by atoms with van der Waals surface area (Å²) in [5.74, 6) is -3.92. The third kappa shape index (κ3) is 3.87. The maximum Gasteiger partial charge on any atom is 0.274 e. The lowest BCUT2D eigenvalue weighted by molar-refractivity contribution is 0.0174. The Morgan fingerprint density at radius 3 is 2.79 bits per heavy atom. The summed E-state index contributed by atoms with van der Waals surface area (Å²) in [6, 6.07) is 8.90. The average Bonchev–Trinajstić information content (AvgIpc) is 3.16. The van der Waals surface area contributed by atoms with E-state index in [1.807, 2.05) is 0 Å². The van der Waals surface area contributed by atoms with Crippen LogP contribution in [0.25, 0.3) is 5.65 Å². The van der Waals surface area contributed by atoms with Crippen molar-refractivity contribution >= 4 is 17.3 Å². The summed E-state index contributed by atoms with van der Waals surface area (Å²) in [6.45, 7) is 1.57. The molecule has 150 valence electrons. The molecule has 0 radical (unpaired) electrons. The predicted octanol–water partition coefficient (Wildman–Crippen LogP) is 3.58. The summed E-state index contributed by atoms with van der Waals surface area (Å²) in [7, 11) is 0. The summed E-state index contributed by atoms with van der Waals surface area (Å²) < 4.78 is 28.7. The molecule has 29 heavy (non-hydrogen) atoms. The Kier molecular flexibility index (Phi) is 4.86. The molecule has 6 nitrogen and oxygen atoms in total. The minimum Gasteiger partial charge on any atom is -0.337 e. The van der Waals surface area contributed by atoms with Crippen molar-refractivity contribution in [2.24, 2.45) is 5.92 Å². The highest BCUT2D eigenvalue weighted by Crippen LogP contribution is 2.29. The highest BCUT2D eigenvalue weighted by Gasteiger charge is 2.31. The monoisotopic (exact) mass is 398 g/mol. The molecule has 4 rings (SSSR count). The van der Waals surface area contributed by atoms with Crippen LogP contribution in [-0.4, -0.2) is 44.3 Å². The number of piperidine rings is 1. The maximum absolute atomic E-state index is 13.6. The van der Waals surface area contributed by atoms with Gasteiger partial charge in [-0.3, -0.25) is 9.59 Å². The molecule has 1 saturated heterocycles. The first-order valence-corrected chi connectivity index (χ1v) is 9.45. The van der Waals surface area contributed by atoms with Gasteiger partial charge in [0.05, 0.1) is 0 Å². The van der Waals surface area contributed by atoms with Crippen molar-refractivity contribution in [3.8, 4) is 0 Å². The maximum atomic E-state index is 13.6. The first-order chi connectivity index (χ1) is 13.8. The normalized spacial score (nSPS) is 17.5. The summed E-state index contributed by atoms with van der Waals surface area (Å²) >= 11 is 0. The molecule has 1 amide bonds. The van der Waals surface area contributed by atoms with Crippen LogP contribution in [0.3, 0.4) is 0 Å². The number of benzene rings is 1. The number of ketones is 1. The Bertz CT molecular complexity index is 1040. The molecule has 1 aliphatic heterocycles. The first-order valence-electron chi connectivity index (χ1n) is 9.45. The summed E-state index contributed by atoms with van der Waals surface area (Å²) in [5.41, 5.74) is 0.895. The number of carbonyl (C=O) groups is 2. The summed E-state index contributed by atoms with van der Waals surface area (Å²) in [4.78, 5) is 31.5. The van der Waals surface area contributed by atoms with E-state index in [0.29, 0.717) is 25.0 Å². The van der Waals surface area contributed by atoms with Gasteiger partial charge in [0.2, 0.25) is 0 Å². The standard InChI is InChI=1S/C21H20F2N4O2/c1-21(22,23)16-7-2-5-14(11-16)19(28)15-6-3-9-26(13-15)20(29)17-12-18-24-8-4-10-27(18)25-17/h2,4-5,7-8,10-12,15H,3,6,9,13H2,1H3/t15-/m0/s1. The smallest absolute Gasteiger partial charge is 0.274 e. The van der Waals surface area contributed by atoms with Crippen LogP contribution in [0.4, 0.5) is 8.78 Å². The van der Waals surface area contributed by atoms with Crippen molar-refractivity contribution in [2.75, 3.05) is 13.1 Å². The van der Waals surface area contributed by atoms with E-state index < -0.39 is 11.8 Å². The molecule has 0 aliphatic carbocycles. The van der Waals surface area contributed by atoms with Gasteiger partial charge in [-0.25, -0.2) is 18.3 Å². The number of Topliss-reactive ketones (excluding diaryl/α,β-unsaturated/α-hetero) is 1. The molecule has 0 spiro atoms. The predicted molar refractivity (Wildman–Crippen MR) is 102 cm³/mol. The molecule has 1 aromatic carbocycles. The Hall–Kier alpha value is -3.16. The second-order valence-electron chi connectivity index (χ2n) is 7.38. The van der Waals surface area contributed by atoms with E-state index in [-0.39, 0.29) is 35.1 Å². The molecule has 1 fully saturated rings. The van der Waals surface area contributed by atoms with Crippen LogP contribution in [0.5, 0.6) is 0 Å². The molecule has 2 aromatic heterocycles. The Balaban J connectivity index is 1.52. The van der Waals surface area contributed by atoms with Crippen molar-refractivity contribution in [1.82, 2.24) is 19.5 Å². The minimum atomic E-state index is -3.01. The van der Waals surface area contributed by atoms with Crippen LogP contribution in [0.15, 0.2) is 48.8 Å². The van der Waals surface area contributed by atoms with Crippen LogP contribution >= 0.6 is 0 Å². The molecule has 1 atom stereocenters. The fourth-order valence-electron chi connectivity index (χ4n) is 3.65. The topological polar surface area (TPSA) is 67.6 Å². The van der Waals surface area contributed by atoms with Gasteiger partial charge in [-0.05, 0) is 25.0 Å². The van der Waals surface area contributed by atoms with Gasteiger partial charge in [-0.2, -0.15) is 5.10 Å². The van der Waals surface area contributed by atoms with Crippen molar-refractivity contribution in [3.63, 3.8) is 0 Å². The van der Waals surface area contributed by atoms with Gasteiger partial charge < -0.3 is 4.90 Å². The van der Waals surface area contributed by atoms with Crippen molar-refractivity contribution < 1.29 is 18.4 Å². The number of hydrogen-bond donors (Lipinski definition) is 0. The Labute approximate surface area is 166 Å². The van der Waals surface area contributed by atoms with Gasteiger partial charge in [0.1, 0.15) is 0 Å². The van der Waals surface area contributed by atoms with E-state index >= 15 is 0 Å². The van der Waals surface area contributed by atoms with Crippen molar-refractivity contribution in [3.05, 3.63) is 65.6 Å². The highest BCUT2D eigenvalue weighted by molar-refractivity contribution is 5.99. The molecule has 0 bridgehead atoms. The number of carbonyl (C=O) groups excluding carboxylic acids is 2. The molecular formula is C21H20F2N4O2. The van der Waals surface area contributed by atoms with E-state index in [0.717, 1.165) is 6.92 Å². The van der Waals surface area contributed by atoms with Gasteiger partial charge >= 0.3 is 0 Å². The fraction of sp³-hybridized carbons (Fsp3) is 0.333. The molecular weight excluding hydrogens is 378 g/mol. The number of amides is 1. The summed E-state index contributed by atoms with van der Waals surface area (Å²) in [5, 5.41) is 4.25. The number of alkyl halides is 2. The largest absolute Gasteiger partial charge is 0.337 e. The minimum absolute atomic E-state index is 0.190. The number of hydrogen-bond acceptors (Lipinski definition) is 4. The number of rotatable bonds is 4. The number of halogens is 2.